The average molecular weight is 302 g/mol. The Morgan fingerprint density at radius 3 is 2.86 bits per heavy atom. The van der Waals surface area contributed by atoms with Crippen LogP contribution in [0.25, 0.3) is 10.9 Å². The van der Waals surface area contributed by atoms with Crippen LogP contribution >= 0.6 is 0 Å². The van der Waals surface area contributed by atoms with E-state index < -0.39 is 5.97 Å². The first-order valence-electron chi connectivity index (χ1n) is 7.51. The summed E-state index contributed by atoms with van der Waals surface area (Å²) in [5.74, 6) is -0.938. The summed E-state index contributed by atoms with van der Waals surface area (Å²) in [5, 5.41) is 12.6. The summed E-state index contributed by atoms with van der Waals surface area (Å²) in [6.07, 6.45) is 3.10. The molecule has 0 radical (unpaired) electrons. The zero-order chi connectivity index (χ0) is 16.1. The van der Waals surface area contributed by atoms with Gasteiger partial charge in [-0.05, 0) is 30.4 Å². The van der Waals surface area contributed by atoms with Crippen molar-refractivity contribution in [3.8, 4) is 0 Å². The highest BCUT2D eigenvalue weighted by molar-refractivity contribution is 5.86. The monoisotopic (exact) mass is 302 g/mol. The Kier molecular flexibility index (Phi) is 5.20. The smallest absolute Gasteiger partial charge is 0.303 e. The van der Waals surface area contributed by atoms with E-state index >= 15 is 0 Å². The number of rotatable bonds is 7. The minimum absolute atomic E-state index is 0.0424. The highest BCUT2D eigenvalue weighted by Gasteiger charge is 2.11. The van der Waals surface area contributed by atoms with Gasteiger partial charge >= 0.3 is 5.97 Å². The molecule has 0 aliphatic rings. The molecule has 2 rings (SSSR count). The van der Waals surface area contributed by atoms with Crippen molar-refractivity contribution in [2.75, 3.05) is 6.54 Å². The number of para-hydroxylation sites is 1. The van der Waals surface area contributed by atoms with Gasteiger partial charge in [0.2, 0.25) is 5.91 Å². The summed E-state index contributed by atoms with van der Waals surface area (Å²) in [6, 6.07) is 6.13. The average Bonchev–Trinajstić information content (AvgIpc) is 2.87. The van der Waals surface area contributed by atoms with Crippen LogP contribution in [0.3, 0.4) is 0 Å². The fourth-order valence-corrected chi connectivity index (χ4v) is 2.57. The van der Waals surface area contributed by atoms with Gasteiger partial charge in [-0.1, -0.05) is 25.1 Å². The van der Waals surface area contributed by atoms with Gasteiger partial charge in [-0.3, -0.25) is 9.59 Å². The van der Waals surface area contributed by atoms with Crippen LogP contribution in [0.2, 0.25) is 0 Å². The van der Waals surface area contributed by atoms with Crippen LogP contribution < -0.4 is 5.32 Å². The molecule has 1 atom stereocenters. The van der Waals surface area contributed by atoms with E-state index in [1.54, 1.807) is 0 Å². The van der Waals surface area contributed by atoms with Gasteiger partial charge in [0, 0.05) is 36.5 Å². The summed E-state index contributed by atoms with van der Waals surface area (Å²) in [7, 11) is 0. The fraction of sp³-hybridized carbons (Fsp3) is 0.412. The second-order valence-electron chi connectivity index (χ2n) is 5.82. The number of hydrogen-bond donors (Lipinski definition) is 3. The molecule has 1 aromatic carbocycles. The molecule has 0 aliphatic heterocycles. The summed E-state index contributed by atoms with van der Waals surface area (Å²) < 4.78 is 0. The molecule has 2 aromatic rings. The first-order chi connectivity index (χ1) is 10.5. The molecule has 22 heavy (non-hydrogen) atoms. The van der Waals surface area contributed by atoms with Crippen molar-refractivity contribution in [1.29, 1.82) is 0 Å². The summed E-state index contributed by atoms with van der Waals surface area (Å²) in [6.45, 7) is 4.27. The molecule has 0 saturated carbocycles. The first kappa shape index (κ1) is 16.1. The molecule has 1 heterocycles. The van der Waals surface area contributed by atoms with E-state index in [0.29, 0.717) is 19.4 Å². The third-order valence-electron chi connectivity index (χ3n) is 3.80. The lowest BCUT2D eigenvalue weighted by molar-refractivity contribution is -0.138. The number of hydrogen-bond acceptors (Lipinski definition) is 2. The molecule has 118 valence electrons. The number of amides is 1. The number of aliphatic carboxylic acids is 1. The standard InChI is InChI=1S/C17H22N2O3/c1-11(8-16(21)22)9-18-15(20)7-6-13-10-19-17-12(2)4-3-5-14(13)17/h3-5,10-11,19H,6-9H2,1-2H3,(H,18,20)(H,21,22). The van der Waals surface area contributed by atoms with Gasteiger partial charge in [-0.25, -0.2) is 0 Å². The van der Waals surface area contributed by atoms with Crippen LogP contribution in [0, 0.1) is 12.8 Å². The molecule has 1 amide bonds. The maximum absolute atomic E-state index is 11.9. The van der Waals surface area contributed by atoms with Gasteiger partial charge in [-0.15, -0.1) is 0 Å². The number of fused-ring (bicyclic) bond motifs is 1. The Morgan fingerprint density at radius 1 is 1.36 bits per heavy atom. The van der Waals surface area contributed by atoms with Crippen LogP contribution in [0.1, 0.15) is 30.9 Å². The molecule has 0 saturated heterocycles. The predicted molar refractivity (Wildman–Crippen MR) is 85.8 cm³/mol. The maximum atomic E-state index is 11.9. The Morgan fingerprint density at radius 2 is 2.14 bits per heavy atom. The number of benzene rings is 1. The quantitative estimate of drug-likeness (QED) is 0.735. The molecule has 5 nitrogen and oxygen atoms in total. The molecule has 0 aliphatic carbocycles. The number of aromatic amines is 1. The third kappa shape index (κ3) is 4.10. The zero-order valence-corrected chi connectivity index (χ0v) is 13.0. The molecule has 5 heteroatoms. The van der Waals surface area contributed by atoms with Crippen molar-refractivity contribution >= 4 is 22.8 Å². The van der Waals surface area contributed by atoms with E-state index in [1.165, 1.54) is 5.56 Å². The lowest BCUT2D eigenvalue weighted by atomic mass is 10.1. The molecule has 1 aromatic heterocycles. The lowest BCUT2D eigenvalue weighted by Gasteiger charge is -2.10. The zero-order valence-electron chi connectivity index (χ0n) is 13.0. The summed E-state index contributed by atoms with van der Waals surface area (Å²) in [4.78, 5) is 25.7. The van der Waals surface area contributed by atoms with E-state index in [1.807, 2.05) is 19.2 Å². The number of aromatic nitrogens is 1. The number of carbonyl (C=O) groups excluding carboxylic acids is 1. The molecular formula is C17H22N2O3. The molecule has 0 fully saturated rings. The third-order valence-corrected chi connectivity index (χ3v) is 3.80. The van der Waals surface area contributed by atoms with E-state index in [2.05, 4.69) is 29.4 Å². The van der Waals surface area contributed by atoms with Crippen molar-refractivity contribution in [2.45, 2.75) is 33.1 Å². The normalized spacial score (nSPS) is 12.3. The van der Waals surface area contributed by atoms with Gasteiger partial charge in [-0.2, -0.15) is 0 Å². The minimum Gasteiger partial charge on any atom is -0.481 e. The van der Waals surface area contributed by atoms with E-state index in [4.69, 9.17) is 5.11 Å². The maximum Gasteiger partial charge on any atom is 0.303 e. The molecular weight excluding hydrogens is 280 g/mol. The summed E-state index contributed by atoms with van der Waals surface area (Å²) in [5.41, 5.74) is 3.44. The first-order valence-corrected chi connectivity index (χ1v) is 7.51. The van der Waals surface area contributed by atoms with Crippen LogP contribution in [0.15, 0.2) is 24.4 Å². The molecule has 3 N–H and O–H groups in total. The van der Waals surface area contributed by atoms with Crippen LogP contribution in [-0.2, 0) is 16.0 Å². The Balaban J connectivity index is 1.85. The van der Waals surface area contributed by atoms with Gasteiger partial charge in [0.25, 0.3) is 0 Å². The van der Waals surface area contributed by atoms with Gasteiger partial charge in [0.15, 0.2) is 0 Å². The fourth-order valence-electron chi connectivity index (χ4n) is 2.57. The van der Waals surface area contributed by atoms with Crippen LogP contribution in [-0.4, -0.2) is 28.5 Å². The summed E-state index contributed by atoms with van der Waals surface area (Å²) >= 11 is 0. The van der Waals surface area contributed by atoms with Crippen molar-refractivity contribution in [2.24, 2.45) is 5.92 Å². The number of nitrogens with one attached hydrogen (secondary N) is 2. The highest BCUT2D eigenvalue weighted by Crippen LogP contribution is 2.22. The molecule has 0 bridgehead atoms. The highest BCUT2D eigenvalue weighted by atomic mass is 16.4. The van der Waals surface area contributed by atoms with Gasteiger partial charge in [0.1, 0.15) is 0 Å². The number of carboxylic acids is 1. The van der Waals surface area contributed by atoms with Gasteiger partial charge in [0.05, 0.1) is 0 Å². The number of H-pyrrole nitrogens is 1. The van der Waals surface area contributed by atoms with E-state index in [-0.39, 0.29) is 18.2 Å². The largest absolute Gasteiger partial charge is 0.481 e. The van der Waals surface area contributed by atoms with Crippen LogP contribution in [0.5, 0.6) is 0 Å². The lowest BCUT2D eigenvalue weighted by Crippen LogP contribution is -2.29. The minimum atomic E-state index is -0.837. The molecule has 0 spiro atoms. The second kappa shape index (κ2) is 7.11. The van der Waals surface area contributed by atoms with E-state index in [9.17, 15) is 9.59 Å². The second-order valence-corrected chi connectivity index (χ2v) is 5.82. The van der Waals surface area contributed by atoms with Crippen molar-refractivity contribution < 1.29 is 14.7 Å². The predicted octanol–water partition coefficient (Wildman–Crippen LogP) is 2.64. The number of carboxylic acid groups (broad SMARTS) is 1. The number of aryl methyl sites for hydroxylation is 2. The Bertz CT molecular complexity index is 676. The van der Waals surface area contributed by atoms with Crippen molar-refractivity contribution in [3.05, 3.63) is 35.5 Å². The topological polar surface area (TPSA) is 82.2 Å². The SMILES string of the molecule is Cc1cccc2c(CCC(=O)NCC(C)CC(=O)O)c[nH]c12. The molecule has 1 unspecified atom stereocenters. The van der Waals surface area contributed by atoms with Crippen molar-refractivity contribution in [1.82, 2.24) is 10.3 Å². The van der Waals surface area contributed by atoms with Crippen LogP contribution in [0.4, 0.5) is 0 Å². The van der Waals surface area contributed by atoms with Gasteiger partial charge < -0.3 is 15.4 Å². The Labute approximate surface area is 129 Å². The number of carbonyl (C=O) groups is 2. The van der Waals surface area contributed by atoms with E-state index in [0.717, 1.165) is 16.5 Å². The Hall–Kier alpha value is -2.30. The van der Waals surface area contributed by atoms with Crippen molar-refractivity contribution in [3.63, 3.8) is 0 Å².